The molecule has 5 heteroatoms. The molecule has 0 saturated heterocycles. The number of anilines is 1. The molecule has 4 nitrogen and oxygen atoms in total. The van der Waals surface area contributed by atoms with Crippen molar-refractivity contribution in [1.29, 1.82) is 0 Å². The first kappa shape index (κ1) is 17.7. The van der Waals surface area contributed by atoms with Gasteiger partial charge in [0, 0.05) is 5.69 Å². The summed E-state index contributed by atoms with van der Waals surface area (Å²) in [5.74, 6) is -0.692. The van der Waals surface area contributed by atoms with Gasteiger partial charge in [0.1, 0.15) is 0 Å². The van der Waals surface area contributed by atoms with Gasteiger partial charge in [0.05, 0.1) is 17.1 Å². The number of nitrogens with one attached hydrogen (secondary N) is 2. The molecule has 0 aromatic heterocycles. The van der Waals surface area contributed by atoms with E-state index < -0.39 is 0 Å². The molecule has 3 aromatic rings. The Kier molecular flexibility index (Phi) is 5.66. The van der Waals surface area contributed by atoms with Gasteiger partial charge in [-0.05, 0) is 35.4 Å². The van der Waals surface area contributed by atoms with Crippen LogP contribution >= 0.6 is 11.6 Å². The predicted octanol–water partition coefficient (Wildman–Crippen LogP) is 4.38. The molecule has 0 aliphatic heterocycles. The van der Waals surface area contributed by atoms with Crippen molar-refractivity contribution in [2.45, 2.75) is 0 Å². The number of rotatable bonds is 5. The van der Waals surface area contributed by atoms with E-state index in [-0.39, 0.29) is 18.4 Å². The van der Waals surface area contributed by atoms with Gasteiger partial charge in [-0.2, -0.15) is 0 Å². The first-order chi connectivity index (χ1) is 12.6. The number of hydrogen-bond donors (Lipinski definition) is 2. The third-order valence-corrected chi connectivity index (χ3v) is 4.13. The first-order valence-electron chi connectivity index (χ1n) is 8.11. The van der Waals surface area contributed by atoms with Crippen molar-refractivity contribution >= 4 is 29.1 Å². The Morgan fingerprint density at radius 3 is 2.08 bits per heavy atom. The normalized spacial score (nSPS) is 10.2. The molecule has 0 fully saturated rings. The molecule has 2 N–H and O–H groups in total. The van der Waals surface area contributed by atoms with Gasteiger partial charge in [0.25, 0.3) is 5.91 Å². The van der Waals surface area contributed by atoms with E-state index in [1.807, 2.05) is 54.6 Å². The van der Waals surface area contributed by atoms with Gasteiger partial charge in [0.15, 0.2) is 0 Å². The summed E-state index contributed by atoms with van der Waals surface area (Å²) in [7, 11) is 0. The standard InChI is InChI=1S/C21H17ClN2O2/c22-19-9-5-4-8-18(19)21(26)23-14-20(25)24-17-12-10-16(11-13-17)15-6-2-1-3-7-15/h1-13H,14H2,(H,23,26)(H,24,25). The van der Waals surface area contributed by atoms with Crippen LogP contribution in [0.3, 0.4) is 0 Å². The lowest BCUT2D eigenvalue weighted by Crippen LogP contribution is -2.32. The molecule has 2 amide bonds. The van der Waals surface area contributed by atoms with Crippen LogP contribution in [0, 0.1) is 0 Å². The monoisotopic (exact) mass is 364 g/mol. The van der Waals surface area contributed by atoms with Gasteiger partial charge in [-0.3, -0.25) is 9.59 Å². The van der Waals surface area contributed by atoms with Crippen molar-refractivity contribution in [3.8, 4) is 11.1 Å². The topological polar surface area (TPSA) is 58.2 Å². The lowest BCUT2D eigenvalue weighted by atomic mass is 10.1. The first-order valence-corrected chi connectivity index (χ1v) is 8.49. The predicted molar refractivity (Wildman–Crippen MR) is 104 cm³/mol. The van der Waals surface area contributed by atoms with Crippen LogP contribution in [0.15, 0.2) is 78.9 Å². The Labute approximate surface area is 156 Å². The highest BCUT2D eigenvalue weighted by molar-refractivity contribution is 6.33. The minimum absolute atomic E-state index is 0.134. The van der Waals surface area contributed by atoms with E-state index in [9.17, 15) is 9.59 Å². The molecular formula is C21H17ClN2O2. The van der Waals surface area contributed by atoms with E-state index in [4.69, 9.17) is 11.6 Å². The highest BCUT2D eigenvalue weighted by atomic mass is 35.5. The lowest BCUT2D eigenvalue weighted by molar-refractivity contribution is -0.115. The fourth-order valence-corrected chi connectivity index (χ4v) is 2.70. The summed E-state index contributed by atoms with van der Waals surface area (Å²) in [5, 5.41) is 5.67. The van der Waals surface area contributed by atoms with Gasteiger partial charge in [-0.15, -0.1) is 0 Å². The number of hydrogen-bond acceptors (Lipinski definition) is 2. The van der Waals surface area contributed by atoms with Gasteiger partial charge < -0.3 is 10.6 Å². The van der Waals surface area contributed by atoms with Crippen LogP contribution in [0.4, 0.5) is 5.69 Å². The number of carbonyl (C=O) groups is 2. The Bertz CT molecular complexity index is 909. The van der Waals surface area contributed by atoms with Crippen LogP contribution in [0.1, 0.15) is 10.4 Å². The van der Waals surface area contributed by atoms with E-state index in [1.165, 1.54) is 0 Å². The minimum atomic E-state index is -0.384. The van der Waals surface area contributed by atoms with Crippen LogP contribution in [-0.4, -0.2) is 18.4 Å². The SMILES string of the molecule is O=C(CNC(=O)c1ccccc1Cl)Nc1ccc(-c2ccccc2)cc1. The molecule has 0 spiro atoms. The van der Waals surface area contributed by atoms with Crippen molar-refractivity contribution in [2.75, 3.05) is 11.9 Å². The molecule has 0 saturated carbocycles. The maximum atomic E-state index is 12.0. The summed E-state index contributed by atoms with van der Waals surface area (Å²) < 4.78 is 0. The number of halogens is 1. The summed E-state index contributed by atoms with van der Waals surface area (Å²) >= 11 is 5.97. The fourth-order valence-electron chi connectivity index (χ4n) is 2.48. The molecule has 0 aliphatic rings. The molecule has 0 bridgehead atoms. The van der Waals surface area contributed by atoms with E-state index in [0.29, 0.717) is 16.3 Å². The molecule has 0 atom stereocenters. The van der Waals surface area contributed by atoms with Crippen LogP contribution in [-0.2, 0) is 4.79 Å². The third kappa shape index (κ3) is 4.49. The summed E-state index contributed by atoms with van der Waals surface area (Å²) in [5.41, 5.74) is 3.18. The molecule has 0 unspecified atom stereocenters. The van der Waals surface area contributed by atoms with Crippen molar-refractivity contribution < 1.29 is 9.59 Å². The summed E-state index contributed by atoms with van der Waals surface area (Å²) in [6, 6.07) is 24.2. The average molecular weight is 365 g/mol. The molecule has 3 aromatic carbocycles. The molecule has 0 radical (unpaired) electrons. The molecular weight excluding hydrogens is 348 g/mol. The number of carbonyl (C=O) groups excluding carboxylic acids is 2. The zero-order valence-corrected chi connectivity index (χ0v) is 14.7. The number of benzene rings is 3. The van der Waals surface area contributed by atoms with Crippen molar-refractivity contribution in [3.05, 3.63) is 89.4 Å². The second-order valence-corrected chi connectivity index (χ2v) is 6.06. The lowest BCUT2D eigenvalue weighted by Gasteiger charge is -2.09. The smallest absolute Gasteiger partial charge is 0.253 e. The van der Waals surface area contributed by atoms with Gasteiger partial charge in [-0.25, -0.2) is 0 Å². The second-order valence-electron chi connectivity index (χ2n) is 5.65. The van der Waals surface area contributed by atoms with E-state index >= 15 is 0 Å². The minimum Gasteiger partial charge on any atom is -0.343 e. The Balaban J connectivity index is 1.55. The van der Waals surface area contributed by atoms with Crippen LogP contribution in [0.5, 0.6) is 0 Å². The molecule has 0 aliphatic carbocycles. The van der Waals surface area contributed by atoms with Crippen LogP contribution in [0.25, 0.3) is 11.1 Å². The second kappa shape index (κ2) is 8.32. The van der Waals surface area contributed by atoms with Crippen molar-refractivity contribution in [3.63, 3.8) is 0 Å². The highest BCUT2D eigenvalue weighted by Gasteiger charge is 2.11. The summed E-state index contributed by atoms with van der Waals surface area (Å²) in [6.45, 7) is -0.134. The molecule has 0 heterocycles. The fraction of sp³-hybridized carbons (Fsp3) is 0.0476. The summed E-state index contributed by atoms with van der Waals surface area (Å²) in [4.78, 5) is 24.1. The van der Waals surface area contributed by atoms with E-state index in [1.54, 1.807) is 24.3 Å². The molecule has 3 rings (SSSR count). The van der Waals surface area contributed by atoms with Crippen LogP contribution < -0.4 is 10.6 Å². The zero-order chi connectivity index (χ0) is 18.4. The van der Waals surface area contributed by atoms with Gasteiger partial charge >= 0.3 is 0 Å². The van der Waals surface area contributed by atoms with Crippen molar-refractivity contribution in [1.82, 2.24) is 5.32 Å². The Morgan fingerprint density at radius 2 is 1.38 bits per heavy atom. The van der Waals surface area contributed by atoms with Gasteiger partial charge in [-0.1, -0.05) is 66.2 Å². The largest absolute Gasteiger partial charge is 0.343 e. The molecule has 130 valence electrons. The quantitative estimate of drug-likeness (QED) is 0.706. The van der Waals surface area contributed by atoms with Crippen molar-refractivity contribution in [2.24, 2.45) is 0 Å². The average Bonchev–Trinajstić information content (AvgIpc) is 2.68. The summed E-state index contributed by atoms with van der Waals surface area (Å²) in [6.07, 6.45) is 0. The Morgan fingerprint density at radius 1 is 0.769 bits per heavy atom. The maximum absolute atomic E-state index is 12.0. The van der Waals surface area contributed by atoms with E-state index in [0.717, 1.165) is 11.1 Å². The number of amides is 2. The molecule has 26 heavy (non-hydrogen) atoms. The maximum Gasteiger partial charge on any atom is 0.253 e. The highest BCUT2D eigenvalue weighted by Crippen LogP contribution is 2.21. The zero-order valence-electron chi connectivity index (χ0n) is 13.9. The van der Waals surface area contributed by atoms with Gasteiger partial charge in [0.2, 0.25) is 5.91 Å². The third-order valence-electron chi connectivity index (χ3n) is 3.80. The Hall–Kier alpha value is -3.11. The van der Waals surface area contributed by atoms with E-state index in [2.05, 4.69) is 10.6 Å². The van der Waals surface area contributed by atoms with Crippen LogP contribution in [0.2, 0.25) is 5.02 Å².